The topological polar surface area (TPSA) is 29.5 Å². The molecule has 58 heavy (non-hydrogen) atoms. The highest BCUT2D eigenvalue weighted by Gasteiger charge is 2.25. The number of anilines is 3. The van der Waals surface area contributed by atoms with Crippen LogP contribution in [0.15, 0.2) is 209 Å². The van der Waals surface area contributed by atoms with Crippen molar-refractivity contribution in [1.29, 1.82) is 0 Å². The third kappa shape index (κ3) is 5.12. The summed E-state index contributed by atoms with van der Waals surface area (Å²) >= 11 is 1.84. The Labute approximate surface area is 338 Å². The lowest BCUT2D eigenvalue weighted by molar-refractivity contribution is 0.669. The molecule has 0 amide bonds. The first-order chi connectivity index (χ1) is 28.8. The van der Waals surface area contributed by atoms with Crippen LogP contribution < -0.4 is 4.90 Å². The van der Waals surface area contributed by atoms with E-state index in [-0.39, 0.29) is 0 Å². The maximum absolute atomic E-state index is 6.89. The normalized spacial score (nSPS) is 11.8. The Kier molecular flexibility index (Phi) is 7.40. The minimum Gasteiger partial charge on any atom is -0.455 e. The van der Waals surface area contributed by atoms with Crippen molar-refractivity contribution in [3.8, 4) is 33.4 Å². The zero-order valence-electron chi connectivity index (χ0n) is 31.2. The molecule has 0 aliphatic heterocycles. The summed E-state index contributed by atoms with van der Waals surface area (Å²) in [5.74, 6) is 0. The predicted molar refractivity (Wildman–Crippen MR) is 245 cm³/mol. The number of thiophene rings is 1. The monoisotopic (exact) mass is 759 g/mol. The van der Waals surface area contributed by atoms with E-state index in [0.29, 0.717) is 0 Å². The van der Waals surface area contributed by atoms with Crippen molar-refractivity contribution in [3.63, 3.8) is 0 Å². The van der Waals surface area contributed by atoms with E-state index in [1.54, 1.807) is 0 Å². The summed E-state index contributed by atoms with van der Waals surface area (Å²) in [5.41, 5.74) is 13.3. The second-order valence-corrected chi connectivity index (χ2v) is 15.9. The Morgan fingerprint density at radius 3 is 1.59 bits per heavy atom. The van der Waals surface area contributed by atoms with Crippen LogP contribution in [0, 0.1) is 0 Å². The van der Waals surface area contributed by atoms with E-state index in [1.165, 1.54) is 20.2 Å². The molecule has 0 saturated heterocycles. The van der Waals surface area contributed by atoms with Gasteiger partial charge in [-0.2, -0.15) is 0 Å². The van der Waals surface area contributed by atoms with Crippen LogP contribution in [0.3, 0.4) is 0 Å². The van der Waals surface area contributed by atoms with Crippen LogP contribution >= 0.6 is 11.3 Å². The molecule has 0 aliphatic rings. The van der Waals surface area contributed by atoms with Crippen molar-refractivity contribution in [2.24, 2.45) is 0 Å². The summed E-state index contributed by atoms with van der Waals surface area (Å²) in [7, 11) is 0. The Morgan fingerprint density at radius 2 is 0.862 bits per heavy atom. The molecule has 272 valence electrons. The molecule has 3 aromatic heterocycles. The van der Waals surface area contributed by atoms with Gasteiger partial charge in [0.25, 0.3) is 0 Å². The standard InChI is InChI=1S/C54H33NO2S/c1-4-14-34(15-5-1)39-27-28-40(35-16-6-2-7-17-35)53-51(39)45-32-37(25-31-48(45)57-53)55(38-24-26-43-42-20-11-13-23-49(42)58-50(43)33-38)46-30-29-41(36-18-8-3-9-19-36)54-52(46)44-21-10-12-22-47(44)56-54/h1-33H. The van der Waals surface area contributed by atoms with Crippen LogP contribution in [-0.4, -0.2) is 0 Å². The van der Waals surface area contributed by atoms with Crippen LogP contribution in [0.2, 0.25) is 0 Å². The van der Waals surface area contributed by atoms with Gasteiger partial charge in [0.05, 0.1) is 11.1 Å². The fraction of sp³-hybridized carbons (Fsp3) is 0. The molecule has 0 radical (unpaired) electrons. The van der Waals surface area contributed by atoms with Crippen molar-refractivity contribution in [2.75, 3.05) is 4.90 Å². The largest absolute Gasteiger partial charge is 0.455 e. The summed E-state index contributed by atoms with van der Waals surface area (Å²) in [4.78, 5) is 2.41. The summed E-state index contributed by atoms with van der Waals surface area (Å²) in [5, 5.41) is 6.85. The van der Waals surface area contributed by atoms with Crippen molar-refractivity contribution >= 4 is 92.4 Å². The zero-order chi connectivity index (χ0) is 38.2. The summed E-state index contributed by atoms with van der Waals surface area (Å²) in [6, 6.07) is 71.3. The van der Waals surface area contributed by atoms with Crippen LogP contribution in [0.25, 0.3) is 97.4 Å². The van der Waals surface area contributed by atoms with Gasteiger partial charge in [-0.15, -0.1) is 11.3 Å². The summed E-state index contributed by atoms with van der Waals surface area (Å²) in [6.45, 7) is 0. The minimum atomic E-state index is 0.845. The molecule has 12 aromatic rings. The first-order valence-corrected chi connectivity index (χ1v) is 20.4. The third-order valence-electron chi connectivity index (χ3n) is 11.5. The van der Waals surface area contributed by atoms with Crippen molar-refractivity contribution in [2.45, 2.75) is 0 Å². The Morgan fingerprint density at radius 1 is 0.345 bits per heavy atom. The number of fused-ring (bicyclic) bond motifs is 9. The SMILES string of the molecule is c1ccc(-c2ccc(-c3ccccc3)c3c2oc2ccc(N(c4ccc5c(c4)sc4ccccc45)c4ccc(-c5ccccc5)c5oc6ccccc6c45)cc23)cc1. The van der Waals surface area contributed by atoms with E-state index in [1.807, 2.05) is 17.4 Å². The molecular weight excluding hydrogens is 727 g/mol. The molecule has 0 atom stereocenters. The summed E-state index contributed by atoms with van der Waals surface area (Å²) < 4.78 is 16.2. The number of rotatable bonds is 6. The molecule has 3 nitrogen and oxygen atoms in total. The van der Waals surface area contributed by atoms with Gasteiger partial charge in [-0.3, -0.25) is 0 Å². The molecule has 9 aromatic carbocycles. The molecular formula is C54H33NO2S. The lowest BCUT2D eigenvalue weighted by Gasteiger charge is -2.27. The van der Waals surface area contributed by atoms with Gasteiger partial charge in [-0.1, -0.05) is 140 Å². The molecule has 0 saturated carbocycles. The van der Waals surface area contributed by atoms with Gasteiger partial charge in [0, 0.05) is 58.8 Å². The van der Waals surface area contributed by atoms with Crippen LogP contribution in [-0.2, 0) is 0 Å². The van der Waals surface area contributed by atoms with Gasteiger partial charge < -0.3 is 13.7 Å². The smallest absolute Gasteiger partial charge is 0.145 e. The molecule has 0 spiro atoms. The fourth-order valence-corrected chi connectivity index (χ4v) is 9.97. The van der Waals surface area contributed by atoms with E-state index in [4.69, 9.17) is 8.83 Å². The second kappa shape index (κ2) is 13.1. The van der Waals surface area contributed by atoms with Crippen molar-refractivity contribution in [1.82, 2.24) is 0 Å². The van der Waals surface area contributed by atoms with Gasteiger partial charge in [0.1, 0.15) is 22.3 Å². The van der Waals surface area contributed by atoms with E-state index in [9.17, 15) is 0 Å². The van der Waals surface area contributed by atoms with Gasteiger partial charge in [0.2, 0.25) is 0 Å². The maximum Gasteiger partial charge on any atom is 0.145 e. The van der Waals surface area contributed by atoms with Crippen molar-refractivity contribution < 1.29 is 8.83 Å². The lowest BCUT2D eigenvalue weighted by atomic mass is 9.94. The molecule has 4 heteroatoms. The number of para-hydroxylation sites is 1. The molecule has 0 unspecified atom stereocenters. The van der Waals surface area contributed by atoms with E-state index >= 15 is 0 Å². The van der Waals surface area contributed by atoms with Crippen LogP contribution in [0.4, 0.5) is 17.1 Å². The fourth-order valence-electron chi connectivity index (χ4n) is 8.83. The average molecular weight is 760 g/mol. The van der Waals surface area contributed by atoms with Gasteiger partial charge in [-0.25, -0.2) is 0 Å². The quantitative estimate of drug-likeness (QED) is 0.169. The highest BCUT2D eigenvalue weighted by atomic mass is 32.1. The van der Waals surface area contributed by atoms with Gasteiger partial charge in [0.15, 0.2) is 0 Å². The second-order valence-electron chi connectivity index (χ2n) is 14.8. The molecule has 3 heterocycles. The Balaban J connectivity index is 1.17. The zero-order valence-corrected chi connectivity index (χ0v) is 32.0. The molecule has 0 aliphatic carbocycles. The number of hydrogen-bond donors (Lipinski definition) is 0. The summed E-state index contributed by atoms with van der Waals surface area (Å²) in [6.07, 6.45) is 0. The van der Waals surface area contributed by atoms with Crippen molar-refractivity contribution in [3.05, 3.63) is 200 Å². The maximum atomic E-state index is 6.89. The van der Waals surface area contributed by atoms with E-state index in [2.05, 4.69) is 199 Å². The van der Waals surface area contributed by atoms with Crippen LogP contribution in [0.5, 0.6) is 0 Å². The number of hydrogen-bond acceptors (Lipinski definition) is 4. The number of nitrogens with zero attached hydrogens (tertiary/aromatic N) is 1. The average Bonchev–Trinajstić information content (AvgIpc) is 3.99. The molecule has 0 N–H and O–H groups in total. The third-order valence-corrected chi connectivity index (χ3v) is 12.6. The predicted octanol–water partition coefficient (Wildman–Crippen LogP) is 16.3. The molecule has 0 fully saturated rings. The number of benzene rings is 9. The first-order valence-electron chi connectivity index (χ1n) is 19.6. The lowest BCUT2D eigenvalue weighted by Crippen LogP contribution is -2.10. The minimum absolute atomic E-state index is 0.845. The van der Waals surface area contributed by atoms with Gasteiger partial charge in [-0.05, 0) is 82.9 Å². The highest BCUT2D eigenvalue weighted by molar-refractivity contribution is 7.25. The first kappa shape index (κ1) is 32.8. The number of furan rings is 2. The Hall–Kier alpha value is -7.40. The van der Waals surface area contributed by atoms with Crippen LogP contribution in [0.1, 0.15) is 0 Å². The van der Waals surface area contributed by atoms with E-state index < -0.39 is 0 Å². The molecule has 12 rings (SSSR count). The molecule has 0 bridgehead atoms. The highest BCUT2D eigenvalue weighted by Crippen LogP contribution is 2.49. The van der Waals surface area contributed by atoms with Gasteiger partial charge >= 0.3 is 0 Å². The Bertz CT molecular complexity index is 3510. The van der Waals surface area contributed by atoms with E-state index in [0.717, 1.165) is 94.3 Å².